The topological polar surface area (TPSA) is 86.4 Å². The van der Waals surface area contributed by atoms with Crippen LogP contribution in [-0.4, -0.2) is 28.4 Å². The summed E-state index contributed by atoms with van der Waals surface area (Å²) in [6, 6.07) is 24.6. The lowest BCUT2D eigenvalue weighted by Gasteiger charge is -2.23. The van der Waals surface area contributed by atoms with E-state index in [1.807, 2.05) is 48.5 Å². The van der Waals surface area contributed by atoms with Crippen LogP contribution in [0.2, 0.25) is 0 Å². The number of piperidine rings is 1. The minimum Gasteiger partial charge on any atom is -0.494 e. The normalized spacial score (nSPS) is 16.8. The molecular formula is C28H30N4O. The van der Waals surface area contributed by atoms with Crippen LogP contribution < -0.4 is 11.1 Å². The number of H-pyrrole nitrogens is 1. The monoisotopic (exact) mass is 438 g/mol. The van der Waals surface area contributed by atoms with Gasteiger partial charge in [-0.2, -0.15) is 0 Å². The van der Waals surface area contributed by atoms with Crippen LogP contribution in [0.1, 0.15) is 42.4 Å². The van der Waals surface area contributed by atoms with Crippen molar-refractivity contribution < 1.29 is 5.11 Å². The van der Waals surface area contributed by atoms with E-state index in [1.54, 1.807) is 0 Å². The summed E-state index contributed by atoms with van der Waals surface area (Å²) in [6.45, 7) is 1.15. The zero-order valence-electron chi connectivity index (χ0n) is 18.7. The predicted molar refractivity (Wildman–Crippen MR) is 137 cm³/mol. The highest BCUT2D eigenvalue weighted by Crippen LogP contribution is 2.32. The maximum atomic E-state index is 10.8. The third kappa shape index (κ3) is 4.78. The number of hydrogen-bond acceptors (Lipinski definition) is 4. The number of aromatic nitrogens is 1. The summed E-state index contributed by atoms with van der Waals surface area (Å²) < 4.78 is 0. The van der Waals surface area contributed by atoms with Gasteiger partial charge in [-0.05, 0) is 68.1 Å². The molecule has 5 heteroatoms. The molecule has 1 saturated heterocycles. The second-order valence-electron chi connectivity index (χ2n) is 8.83. The van der Waals surface area contributed by atoms with Gasteiger partial charge in [-0.3, -0.25) is 0 Å². The van der Waals surface area contributed by atoms with Gasteiger partial charge >= 0.3 is 0 Å². The Hall–Kier alpha value is -3.57. The molecule has 33 heavy (non-hydrogen) atoms. The van der Waals surface area contributed by atoms with Gasteiger partial charge in [-0.25, -0.2) is 4.99 Å². The molecule has 0 amide bonds. The number of nitrogens with one attached hydrogen (secondary N) is 2. The highest BCUT2D eigenvalue weighted by Gasteiger charge is 2.19. The summed E-state index contributed by atoms with van der Waals surface area (Å²) in [5, 5.41) is 15.3. The number of nitrogens with two attached hydrogens (primary N) is 1. The molecule has 1 fully saturated rings. The molecule has 0 aliphatic carbocycles. The lowest BCUT2D eigenvalue weighted by atomic mass is 9.98. The fourth-order valence-corrected chi connectivity index (χ4v) is 4.67. The summed E-state index contributed by atoms with van der Waals surface area (Å²) in [6.07, 6.45) is 6.14. The van der Waals surface area contributed by atoms with Crippen molar-refractivity contribution in [3.8, 4) is 5.88 Å². The smallest absolute Gasteiger partial charge is 0.199 e. The Balaban J connectivity index is 1.47. The number of nitrogens with zero attached hydrogens (tertiary/aromatic N) is 1. The second-order valence-corrected chi connectivity index (χ2v) is 8.83. The van der Waals surface area contributed by atoms with Crippen LogP contribution in [0, 0.1) is 0 Å². The Morgan fingerprint density at radius 1 is 1.00 bits per heavy atom. The van der Waals surface area contributed by atoms with Crippen molar-refractivity contribution in [3.63, 3.8) is 0 Å². The van der Waals surface area contributed by atoms with Crippen LogP contribution in [0.15, 0.2) is 77.8 Å². The van der Waals surface area contributed by atoms with Crippen molar-refractivity contribution in [1.82, 2.24) is 10.3 Å². The molecule has 4 aromatic rings. The van der Waals surface area contributed by atoms with Gasteiger partial charge in [0, 0.05) is 28.2 Å². The number of aromatic hydroxyl groups is 1. The molecule has 5 nitrogen and oxygen atoms in total. The number of hydrogen-bond donors (Lipinski definition) is 4. The first-order valence-corrected chi connectivity index (χ1v) is 11.7. The van der Waals surface area contributed by atoms with Gasteiger partial charge in [0.25, 0.3) is 0 Å². The summed E-state index contributed by atoms with van der Waals surface area (Å²) in [5.74, 6) is 0.0924. The van der Waals surface area contributed by atoms with Crippen LogP contribution in [0.4, 0.5) is 11.4 Å². The Morgan fingerprint density at radius 2 is 1.82 bits per heavy atom. The number of aliphatic imine (C=N–C) groups is 1. The van der Waals surface area contributed by atoms with Gasteiger partial charge < -0.3 is 21.1 Å². The van der Waals surface area contributed by atoms with E-state index in [1.165, 1.54) is 31.2 Å². The number of anilines is 1. The van der Waals surface area contributed by atoms with Crippen molar-refractivity contribution in [3.05, 3.63) is 89.5 Å². The van der Waals surface area contributed by atoms with Crippen molar-refractivity contribution in [1.29, 1.82) is 0 Å². The summed E-state index contributed by atoms with van der Waals surface area (Å²) >= 11 is 0. The van der Waals surface area contributed by atoms with Crippen molar-refractivity contribution in [2.75, 3.05) is 12.3 Å². The minimum absolute atomic E-state index is 0.0924. The van der Waals surface area contributed by atoms with Gasteiger partial charge in [0.05, 0.1) is 17.0 Å². The van der Waals surface area contributed by atoms with Crippen molar-refractivity contribution in [2.45, 2.75) is 38.1 Å². The standard InChI is InChI=1S/C28H30N4O/c29-21-12-16-25-24(18-21)26(28(33)32-25)27(20-6-2-1-3-7-20)31-23-14-10-19(11-15-23)9-13-22-8-4-5-17-30-22/h1-3,6-7,10-12,14-16,18,22,30,32-33H,4-5,8-9,13,17,29H2. The highest BCUT2D eigenvalue weighted by molar-refractivity contribution is 6.22. The van der Waals surface area contributed by atoms with Crippen molar-refractivity contribution >= 4 is 28.0 Å². The van der Waals surface area contributed by atoms with E-state index in [0.29, 0.717) is 23.0 Å². The van der Waals surface area contributed by atoms with Gasteiger partial charge in [0.15, 0.2) is 5.88 Å². The highest BCUT2D eigenvalue weighted by atomic mass is 16.3. The van der Waals surface area contributed by atoms with Gasteiger partial charge in [0.1, 0.15) is 0 Å². The first-order chi connectivity index (χ1) is 16.2. The molecule has 2 heterocycles. The minimum atomic E-state index is 0.0924. The van der Waals surface area contributed by atoms with Crippen molar-refractivity contribution in [2.24, 2.45) is 4.99 Å². The third-order valence-electron chi connectivity index (χ3n) is 6.46. The Morgan fingerprint density at radius 3 is 2.58 bits per heavy atom. The molecule has 3 aromatic carbocycles. The Bertz CT molecular complexity index is 1250. The first kappa shape index (κ1) is 21.3. The summed E-state index contributed by atoms with van der Waals surface area (Å²) in [4.78, 5) is 8.05. The van der Waals surface area contributed by atoms with Crippen LogP contribution >= 0.6 is 0 Å². The van der Waals surface area contributed by atoms with Crippen LogP contribution in [-0.2, 0) is 6.42 Å². The molecule has 1 aliphatic heterocycles. The molecule has 0 saturated carbocycles. The number of rotatable bonds is 6. The molecule has 168 valence electrons. The van der Waals surface area contributed by atoms with Gasteiger partial charge in [-0.1, -0.05) is 48.9 Å². The SMILES string of the molecule is Nc1ccc2[nH]c(O)c(C(=Nc3ccc(CCC4CCCCN4)cc3)c3ccccc3)c2c1. The Kier molecular flexibility index (Phi) is 6.13. The summed E-state index contributed by atoms with van der Waals surface area (Å²) in [5.41, 5.74) is 12.0. The number of benzene rings is 3. The molecule has 1 aliphatic rings. The van der Waals surface area contributed by atoms with E-state index in [0.717, 1.165) is 35.1 Å². The zero-order valence-corrected chi connectivity index (χ0v) is 18.7. The average molecular weight is 439 g/mol. The first-order valence-electron chi connectivity index (χ1n) is 11.7. The number of fused-ring (bicyclic) bond motifs is 1. The van der Waals surface area contributed by atoms with Gasteiger partial charge in [0.2, 0.25) is 0 Å². The largest absolute Gasteiger partial charge is 0.494 e. The molecule has 1 atom stereocenters. The zero-order chi connectivity index (χ0) is 22.6. The van der Waals surface area contributed by atoms with E-state index >= 15 is 0 Å². The lowest BCUT2D eigenvalue weighted by Crippen LogP contribution is -2.34. The van der Waals surface area contributed by atoms with Gasteiger partial charge in [-0.15, -0.1) is 0 Å². The molecule has 0 bridgehead atoms. The van der Waals surface area contributed by atoms with E-state index in [2.05, 4.69) is 34.6 Å². The number of nitrogen functional groups attached to an aromatic ring is 1. The molecular weight excluding hydrogens is 408 g/mol. The predicted octanol–water partition coefficient (Wildman–Crippen LogP) is 5.70. The quantitative estimate of drug-likeness (QED) is 0.230. The molecule has 5 N–H and O–H groups in total. The van der Waals surface area contributed by atoms with Crippen LogP contribution in [0.5, 0.6) is 5.88 Å². The molecule has 1 aromatic heterocycles. The maximum Gasteiger partial charge on any atom is 0.199 e. The average Bonchev–Trinajstić information content (AvgIpc) is 3.18. The number of aromatic amines is 1. The van der Waals surface area contributed by atoms with Crippen LogP contribution in [0.3, 0.4) is 0 Å². The van der Waals surface area contributed by atoms with Crippen LogP contribution in [0.25, 0.3) is 10.9 Å². The third-order valence-corrected chi connectivity index (χ3v) is 6.46. The van der Waals surface area contributed by atoms with E-state index < -0.39 is 0 Å². The Labute approximate surface area is 194 Å². The fraction of sp³-hybridized carbons (Fsp3) is 0.250. The molecule has 5 rings (SSSR count). The maximum absolute atomic E-state index is 10.8. The van der Waals surface area contributed by atoms with E-state index in [-0.39, 0.29) is 5.88 Å². The molecule has 1 unspecified atom stereocenters. The molecule has 0 spiro atoms. The second kappa shape index (κ2) is 9.51. The summed E-state index contributed by atoms with van der Waals surface area (Å²) in [7, 11) is 0. The van der Waals surface area contributed by atoms with E-state index in [4.69, 9.17) is 10.7 Å². The number of aryl methyl sites for hydroxylation is 1. The molecule has 0 radical (unpaired) electrons. The lowest BCUT2D eigenvalue weighted by molar-refractivity contribution is 0.383. The van der Waals surface area contributed by atoms with E-state index in [9.17, 15) is 5.11 Å². The fourth-order valence-electron chi connectivity index (χ4n) is 4.67.